The van der Waals surface area contributed by atoms with E-state index in [0.717, 1.165) is 6.54 Å². The molecule has 0 saturated heterocycles. The molecule has 0 aliphatic carbocycles. The maximum absolute atomic E-state index is 13.4. The second kappa shape index (κ2) is 10.9. The van der Waals surface area contributed by atoms with Crippen LogP contribution in [0.4, 0.5) is 5.69 Å². The third kappa shape index (κ3) is 6.21. The molecule has 1 amide bonds. The number of sulfonamides is 1. The Bertz CT molecular complexity index is 1110. The number of nitrogens with one attached hydrogen (secondary N) is 1. The Hall–Kier alpha value is -2.33. The Morgan fingerprint density at radius 1 is 1.09 bits per heavy atom. The molecule has 2 aromatic rings. The van der Waals surface area contributed by atoms with Gasteiger partial charge in [0.15, 0.2) is 0 Å². The molecule has 3 atom stereocenters. The highest BCUT2D eigenvalue weighted by atomic mass is 35.5. The molecule has 0 fully saturated rings. The summed E-state index contributed by atoms with van der Waals surface area (Å²) in [4.78, 5) is 17.2. The van der Waals surface area contributed by atoms with Crippen LogP contribution in [0.25, 0.3) is 0 Å². The molecule has 0 radical (unpaired) electrons. The Morgan fingerprint density at radius 2 is 1.76 bits per heavy atom. The van der Waals surface area contributed by atoms with Crippen LogP contribution in [0.5, 0.6) is 5.75 Å². The predicted molar refractivity (Wildman–Crippen MR) is 133 cm³/mol. The molecule has 0 saturated carbocycles. The molecule has 2 aromatic carbocycles. The van der Waals surface area contributed by atoms with Crippen molar-refractivity contribution < 1.29 is 22.7 Å². The van der Waals surface area contributed by atoms with Crippen molar-refractivity contribution in [3.05, 3.63) is 53.1 Å². The summed E-state index contributed by atoms with van der Waals surface area (Å²) in [5.74, 6) is 0.302. The van der Waals surface area contributed by atoms with Gasteiger partial charge in [0.2, 0.25) is 0 Å². The van der Waals surface area contributed by atoms with Gasteiger partial charge in [-0.15, -0.1) is 0 Å². The van der Waals surface area contributed by atoms with Crippen molar-refractivity contribution in [2.45, 2.75) is 30.9 Å². The van der Waals surface area contributed by atoms with Gasteiger partial charge in [-0.3, -0.25) is 14.4 Å². The van der Waals surface area contributed by atoms with Crippen molar-refractivity contribution in [3.63, 3.8) is 0 Å². The quantitative estimate of drug-likeness (QED) is 0.677. The van der Waals surface area contributed by atoms with Crippen molar-refractivity contribution in [2.75, 3.05) is 45.6 Å². The van der Waals surface area contributed by atoms with Gasteiger partial charge in [0.25, 0.3) is 15.9 Å². The predicted octanol–water partition coefficient (Wildman–Crippen LogP) is 3.58. The van der Waals surface area contributed by atoms with Crippen LogP contribution in [0.15, 0.2) is 47.4 Å². The van der Waals surface area contributed by atoms with Crippen LogP contribution >= 0.6 is 11.6 Å². The molecular formula is C24H32ClN3O5S. The first-order valence-electron chi connectivity index (χ1n) is 11.1. The number of hydrogen-bond acceptors (Lipinski definition) is 6. The number of amides is 1. The van der Waals surface area contributed by atoms with Gasteiger partial charge in [0, 0.05) is 44.0 Å². The van der Waals surface area contributed by atoms with Crippen LogP contribution in [-0.4, -0.2) is 77.2 Å². The summed E-state index contributed by atoms with van der Waals surface area (Å²) >= 11 is 5.87. The first-order chi connectivity index (χ1) is 16.0. The SMILES string of the molecule is CO[C@H]1CN(C)C(=O)c2cc(NS(=O)(=O)c3ccc(Cl)cc3)ccc2OC[C@H](C)N(C)C[C@H]1C. The molecule has 0 unspecified atom stereocenters. The van der Waals surface area contributed by atoms with Crippen molar-refractivity contribution in [1.82, 2.24) is 9.80 Å². The molecule has 0 spiro atoms. The minimum absolute atomic E-state index is 0.0677. The topological polar surface area (TPSA) is 88.2 Å². The largest absolute Gasteiger partial charge is 0.491 e. The van der Waals surface area contributed by atoms with Gasteiger partial charge >= 0.3 is 0 Å². The van der Waals surface area contributed by atoms with E-state index in [1.807, 2.05) is 7.05 Å². The number of rotatable bonds is 4. The number of halogens is 1. The van der Waals surface area contributed by atoms with E-state index in [1.165, 1.54) is 30.3 Å². The fourth-order valence-electron chi connectivity index (χ4n) is 3.85. The van der Waals surface area contributed by atoms with E-state index in [2.05, 4.69) is 23.5 Å². The number of benzene rings is 2. The highest BCUT2D eigenvalue weighted by molar-refractivity contribution is 7.92. The fraction of sp³-hybridized carbons (Fsp3) is 0.458. The third-order valence-electron chi connectivity index (χ3n) is 6.13. The maximum atomic E-state index is 13.4. The van der Waals surface area contributed by atoms with Gasteiger partial charge in [-0.05, 0) is 62.4 Å². The van der Waals surface area contributed by atoms with E-state index >= 15 is 0 Å². The number of carbonyl (C=O) groups is 1. The normalized spacial score (nSPS) is 22.8. The summed E-state index contributed by atoms with van der Waals surface area (Å²) in [6.45, 7) is 5.71. The average molecular weight is 510 g/mol. The number of anilines is 1. The number of fused-ring (bicyclic) bond motifs is 1. The van der Waals surface area contributed by atoms with E-state index < -0.39 is 10.0 Å². The number of likely N-dealkylation sites (N-methyl/N-ethyl adjacent to an activating group) is 2. The van der Waals surface area contributed by atoms with Gasteiger partial charge in [-0.1, -0.05) is 18.5 Å². The van der Waals surface area contributed by atoms with Crippen LogP contribution in [0, 0.1) is 5.92 Å². The molecular weight excluding hydrogens is 478 g/mol. The Morgan fingerprint density at radius 3 is 2.41 bits per heavy atom. The number of carbonyl (C=O) groups excluding carboxylic acids is 1. The molecule has 1 aliphatic heterocycles. The first-order valence-corrected chi connectivity index (χ1v) is 12.9. The summed E-state index contributed by atoms with van der Waals surface area (Å²) in [5, 5.41) is 0.438. The number of nitrogens with zero attached hydrogens (tertiary/aromatic N) is 2. The Labute approximate surface area is 206 Å². The molecule has 1 heterocycles. The second-order valence-electron chi connectivity index (χ2n) is 8.81. The number of hydrogen-bond donors (Lipinski definition) is 1. The highest BCUT2D eigenvalue weighted by Crippen LogP contribution is 2.27. The lowest BCUT2D eigenvalue weighted by atomic mass is 10.0. The second-order valence-corrected chi connectivity index (χ2v) is 10.9. The van der Waals surface area contributed by atoms with Crippen molar-refractivity contribution in [3.8, 4) is 5.75 Å². The van der Waals surface area contributed by atoms with E-state index in [1.54, 1.807) is 31.2 Å². The lowest BCUT2D eigenvalue weighted by Gasteiger charge is -2.34. The summed E-state index contributed by atoms with van der Waals surface area (Å²) in [6, 6.07) is 10.7. The molecule has 0 aromatic heterocycles. The Kier molecular flexibility index (Phi) is 8.46. The van der Waals surface area contributed by atoms with Gasteiger partial charge in [-0.25, -0.2) is 8.42 Å². The molecule has 8 nitrogen and oxygen atoms in total. The number of methoxy groups -OCH3 is 1. The molecule has 10 heteroatoms. The molecule has 1 aliphatic rings. The zero-order valence-electron chi connectivity index (χ0n) is 20.1. The van der Waals surface area contributed by atoms with E-state index in [9.17, 15) is 13.2 Å². The Balaban J connectivity index is 1.95. The third-order valence-corrected chi connectivity index (χ3v) is 7.78. The molecule has 186 valence electrons. The average Bonchev–Trinajstić information content (AvgIpc) is 2.80. The van der Waals surface area contributed by atoms with Gasteiger partial charge < -0.3 is 14.4 Å². The lowest BCUT2D eigenvalue weighted by molar-refractivity contribution is 0.0150. The summed E-state index contributed by atoms with van der Waals surface area (Å²) in [7, 11) is 1.52. The van der Waals surface area contributed by atoms with Crippen LogP contribution in [0.2, 0.25) is 5.02 Å². The van der Waals surface area contributed by atoms with Gasteiger partial charge in [0.1, 0.15) is 12.4 Å². The molecule has 1 N–H and O–H groups in total. The maximum Gasteiger partial charge on any atom is 0.261 e. The smallest absolute Gasteiger partial charge is 0.261 e. The highest BCUT2D eigenvalue weighted by Gasteiger charge is 2.27. The first kappa shape index (κ1) is 26.3. The molecule has 34 heavy (non-hydrogen) atoms. The van der Waals surface area contributed by atoms with Crippen LogP contribution < -0.4 is 9.46 Å². The molecule has 0 bridgehead atoms. The van der Waals surface area contributed by atoms with Gasteiger partial charge in [-0.2, -0.15) is 0 Å². The zero-order chi connectivity index (χ0) is 25.0. The summed E-state index contributed by atoms with van der Waals surface area (Å²) in [5.41, 5.74) is 0.532. The lowest BCUT2D eigenvalue weighted by Crippen LogP contribution is -2.45. The van der Waals surface area contributed by atoms with E-state index in [4.69, 9.17) is 21.1 Å². The van der Waals surface area contributed by atoms with E-state index in [0.29, 0.717) is 23.9 Å². The van der Waals surface area contributed by atoms with E-state index in [-0.39, 0.29) is 40.1 Å². The fourth-order valence-corrected chi connectivity index (χ4v) is 5.02. The van der Waals surface area contributed by atoms with Crippen LogP contribution in [-0.2, 0) is 14.8 Å². The number of ether oxygens (including phenoxy) is 2. The monoisotopic (exact) mass is 509 g/mol. The van der Waals surface area contributed by atoms with Crippen molar-refractivity contribution >= 4 is 33.2 Å². The van der Waals surface area contributed by atoms with Crippen LogP contribution in [0.3, 0.4) is 0 Å². The van der Waals surface area contributed by atoms with Gasteiger partial charge in [0.05, 0.1) is 16.6 Å². The standard InChI is InChI=1S/C24H32ClN3O5S/c1-16-13-27(3)17(2)15-33-22-11-8-19(12-21(22)24(29)28(4)14-23(16)32-5)26-34(30,31)20-9-6-18(25)7-10-20/h6-12,16-17,23,26H,13-15H2,1-5H3/t16-,17+,23+/m1/s1. The van der Waals surface area contributed by atoms with Crippen molar-refractivity contribution in [1.29, 1.82) is 0 Å². The minimum atomic E-state index is -3.86. The summed E-state index contributed by atoms with van der Waals surface area (Å²) < 4.78 is 39.9. The van der Waals surface area contributed by atoms with Crippen molar-refractivity contribution in [2.24, 2.45) is 5.92 Å². The zero-order valence-corrected chi connectivity index (χ0v) is 21.7. The molecule has 3 rings (SSSR count). The van der Waals surface area contributed by atoms with Crippen LogP contribution in [0.1, 0.15) is 24.2 Å². The summed E-state index contributed by atoms with van der Waals surface area (Å²) in [6.07, 6.45) is -0.154. The minimum Gasteiger partial charge on any atom is -0.491 e.